The van der Waals surface area contributed by atoms with E-state index >= 15 is 0 Å². The first kappa shape index (κ1) is 16.8. The monoisotopic (exact) mass is 348 g/mol. The quantitative estimate of drug-likeness (QED) is 0.515. The smallest absolute Gasteiger partial charge is 0.398 e. The standard InChI is InChI=1S/C18H12F4N2O/c19-15-6-5-12(9-14(15)18(20,21)22)24-17(25)13-7-10-3-1-2-4-11(10)8-16(13)23/h1-9H,23H2,(H,24,25). The van der Waals surface area contributed by atoms with E-state index in [9.17, 15) is 22.4 Å². The van der Waals surface area contributed by atoms with Gasteiger partial charge in [-0.3, -0.25) is 4.79 Å². The number of nitrogen functional groups attached to an aromatic ring is 1. The van der Waals surface area contributed by atoms with Crippen molar-refractivity contribution in [2.75, 3.05) is 11.1 Å². The molecule has 0 spiro atoms. The lowest BCUT2D eigenvalue weighted by Crippen LogP contribution is -2.15. The Balaban J connectivity index is 1.94. The average molecular weight is 348 g/mol. The topological polar surface area (TPSA) is 55.1 Å². The van der Waals surface area contributed by atoms with Gasteiger partial charge in [0, 0.05) is 11.4 Å². The third kappa shape index (κ3) is 3.40. The van der Waals surface area contributed by atoms with Crippen LogP contribution in [0.2, 0.25) is 0 Å². The number of halogens is 4. The summed E-state index contributed by atoms with van der Waals surface area (Å²) < 4.78 is 51.6. The number of carbonyl (C=O) groups excluding carboxylic acids is 1. The molecule has 0 radical (unpaired) electrons. The van der Waals surface area contributed by atoms with Gasteiger partial charge in [0.1, 0.15) is 5.82 Å². The molecule has 3 rings (SSSR count). The molecule has 3 aromatic carbocycles. The van der Waals surface area contributed by atoms with Gasteiger partial charge >= 0.3 is 6.18 Å². The molecule has 7 heteroatoms. The zero-order chi connectivity index (χ0) is 18.2. The molecule has 0 aliphatic heterocycles. The molecule has 3 N–H and O–H groups in total. The van der Waals surface area contributed by atoms with Crippen molar-refractivity contribution in [2.24, 2.45) is 0 Å². The fourth-order valence-electron chi connectivity index (χ4n) is 2.47. The summed E-state index contributed by atoms with van der Waals surface area (Å²) >= 11 is 0. The molecule has 128 valence electrons. The van der Waals surface area contributed by atoms with E-state index in [0.717, 1.165) is 16.8 Å². The van der Waals surface area contributed by atoms with Crippen molar-refractivity contribution in [1.29, 1.82) is 0 Å². The Morgan fingerprint density at radius 3 is 2.24 bits per heavy atom. The largest absolute Gasteiger partial charge is 0.419 e. The molecule has 0 heterocycles. The van der Waals surface area contributed by atoms with Gasteiger partial charge in [-0.25, -0.2) is 4.39 Å². The summed E-state index contributed by atoms with van der Waals surface area (Å²) in [4.78, 5) is 12.4. The zero-order valence-electron chi connectivity index (χ0n) is 12.7. The van der Waals surface area contributed by atoms with E-state index in [2.05, 4.69) is 5.32 Å². The molecule has 0 aromatic heterocycles. The maximum absolute atomic E-state index is 13.3. The van der Waals surface area contributed by atoms with Gasteiger partial charge in [0.2, 0.25) is 0 Å². The molecule has 0 unspecified atom stereocenters. The number of hydrogen-bond acceptors (Lipinski definition) is 2. The summed E-state index contributed by atoms with van der Waals surface area (Å²) in [5, 5.41) is 3.91. The van der Waals surface area contributed by atoms with Gasteiger partial charge in [-0.15, -0.1) is 0 Å². The van der Waals surface area contributed by atoms with Gasteiger partial charge in [-0.05, 0) is 41.1 Å². The van der Waals surface area contributed by atoms with E-state index in [4.69, 9.17) is 5.73 Å². The minimum Gasteiger partial charge on any atom is -0.398 e. The number of rotatable bonds is 2. The molecule has 3 nitrogen and oxygen atoms in total. The van der Waals surface area contributed by atoms with Crippen molar-refractivity contribution in [3.63, 3.8) is 0 Å². The SMILES string of the molecule is Nc1cc2ccccc2cc1C(=O)Nc1ccc(F)c(C(F)(F)F)c1. The van der Waals surface area contributed by atoms with Crippen molar-refractivity contribution < 1.29 is 22.4 Å². The molecular formula is C18H12F4N2O. The highest BCUT2D eigenvalue weighted by Gasteiger charge is 2.34. The van der Waals surface area contributed by atoms with E-state index in [1.54, 1.807) is 24.3 Å². The number of hydrogen-bond donors (Lipinski definition) is 2. The molecule has 0 saturated carbocycles. The number of nitrogens with two attached hydrogens (primary N) is 1. The van der Waals surface area contributed by atoms with Gasteiger partial charge in [0.15, 0.2) is 0 Å². The highest BCUT2D eigenvalue weighted by atomic mass is 19.4. The first-order valence-electron chi connectivity index (χ1n) is 7.22. The number of anilines is 2. The summed E-state index contributed by atoms with van der Waals surface area (Å²) in [6, 6.07) is 12.6. The molecule has 0 bridgehead atoms. The Kier molecular flexibility index (Phi) is 4.08. The molecule has 0 aliphatic rings. The van der Waals surface area contributed by atoms with E-state index in [1.807, 2.05) is 12.1 Å². The summed E-state index contributed by atoms with van der Waals surface area (Å²) in [5.41, 5.74) is 4.55. The number of carbonyl (C=O) groups is 1. The van der Waals surface area contributed by atoms with Crippen LogP contribution in [0.4, 0.5) is 28.9 Å². The van der Waals surface area contributed by atoms with Crippen LogP contribution in [0, 0.1) is 5.82 Å². The van der Waals surface area contributed by atoms with Gasteiger partial charge in [-0.1, -0.05) is 24.3 Å². The predicted octanol–water partition coefficient (Wildman–Crippen LogP) is 4.83. The lowest BCUT2D eigenvalue weighted by molar-refractivity contribution is -0.139. The minimum atomic E-state index is -4.85. The summed E-state index contributed by atoms with van der Waals surface area (Å²) in [7, 11) is 0. The summed E-state index contributed by atoms with van der Waals surface area (Å²) in [6.45, 7) is 0. The number of alkyl halides is 3. The number of benzene rings is 3. The van der Waals surface area contributed by atoms with E-state index < -0.39 is 23.5 Å². The molecule has 0 atom stereocenters. The van der Waals surface area contributed by atoms with Gasteiger partial charge in [0.05, 0.1) is 11.1 Å². The molecule has 3 aromatic rings. The van der Waals surface area contributed by atoms with E-state index in [1.165, 1.54) is 0 Å². The normalized spacial score (nSPS) is 11.5. The van der Waals surface area contributed by atoms with Crippen LogP contribution in [0.15, 0.2) is 54.6 Å². The molecular weight excluding hydrogens is 336 g/mol. The second-order valence-electron chi connectivity index (χ2n) is 5.43. The van der Waals surface area contributed by atoms with Crippen LogP contribution in [-0.4, -0.2) is 5.91 Å². The lowest BCUT2D eigenvalue weighted by atomic mass is 10.0. The fraction of sp³-hybridized carbons (Fsp3) is 0.0556. The van der Waals surface area contributed by atoms with Crippen LogP contribution in [0.25, 0.3) is 10.8 Å². The van der Waals surface area contributed by atoms with Gasteiger partial charge < -0.3 is 11.1 Å². The molecule has 1 amide bonds. The van der Waals surface area contributed by atoms with Crippen molar-refractivity contribution in [1.82, 2.24) is 0 Å². The minimum absolute atomic E-state index is 0.122. The van der Waals surface area contributed by atoms with Crippen molar-refractivity contribution in [3.05, 3.63) is 71.5 Å². The Labute approximate surface area is 140 Å². The third-order valence-corrected chi connectivity index (χ3v) is 3.69. The van der Waals surface area contributed by atoms with E-state index in [-0.39, 0.29) is 16.9 Å². The van der Waals surface area contributed by atoms with Crippen LogP contribution in [0.3, 0.4) is 0 Å². The molecule has 0 aliphatic carbocycles. The maximum atomic E-state index is 13.3. The fourth-order valence-corrected chi connectivity index (χ4v) is 2.47. The second-order valence-corrected chi connectivity index (χ2v) is 5.43. The second kappa shape index (κ2) is 6.08. The highest BCUT2D eigenvalue weighted by molar-refractivity contribution is 6.10. The first-order chi connectivity index (χ1) is 11.8. The van der Waals surface area contributed by atoms with Crippen molar-refractivity contribution in [3.8, 4) is 0 Å². The van der Waals surface area contributed by atoms with Gasteiger partial charge in [0.25, 0.3) is 5.91 Å². The van der Waals surface area contributed by atoms with Crippen LogP contribution in [-0.2, 0) is 6.18 Å². The van der Waals surface area contributed by atoms with Crippen LogP contribution >= 0.6 is 0 Å². The van der Waals surface area contributed by atoms with E-state index in [0.29, 0.717) is 12.1 Å². The third-order valence-electron chi connectivity index (χ3n) is 3.69. The molecule has 25 heavy (non-hydrogen) atoms. The number of fused-ring (bicyclic) bond motifs is 1. The maximum Gasteiger partial charge on any atom is 0.419 e. The Bertz CT molecular complexity index is 967. The summed E-state index contributed by atoms with van der Waals surface area (Å²) in [5.74, 6) is -2.08. The Hall–Kier alpha value is -3.09. The number of amides is 1. The first-order valence-corrected chi connectivity index (χ1v) is 7.22. The number of nitrogens with one attached hydrogen (secondary N) is 1. The Morgan fingerprint density at radius 1 is 0.960 bits per heavy atom. The van der Waals surface area contributed by atoms with Gasteiger partial charge in [-0.2, -0.15) is 13.2 Å². The zero-order valence-corrected chi connectivity index (χ0v) is 12.7. The van der Waals surface area contributed by atoms with Crippen LogP contribution < -0.4 is 11.1 Å². The van der Waals surface area contributed by atoms with Crippen LogP contribution in [0.5, 0.6) is 0 Å². The average Bonchev–Trinajstić information content (AvgIpc) is 2.54. The van der Waals surface area contributed by atoms with Crippen molar-refractivity contribution >= 4 is 28.1 Å². The predicted molar refractivity (Wildman–Crippen MR) is 87.7 cm³/mol. The summed E-state index contributed by atoms with van der Waals surface area (Å²) in [6.07, 6.45) is -4.85. The highest BCUT2D eigenvalue weighted by Crippen LogP contribution is 2.33. The Morgan fingerprint density at radius 2 is 1.60 bits per heavy atom. The molecule has 0 saturated heterocycles. The van der Waals surface area contributed by atoms with Crippen LogP contribution in [0.1, 0.15) is 15.9 Å². The molecule has 0 fully saturated rings. The lowest BCUT2D eigenvalue weighted by Gasteiger charge is -2.12. The van der Waals surface area contributed by atoms with Crippen molar-refractivity contribution in [2.45, 2.75) is 6.18 Å².